The van der Waals surface area contributed by atoms with Crippen LogP contribution in [0.3, 0.4) is 0 Å². The zero-order valence-corrected chi connectivity index (χ0v) is 22.6. The first kappa shape index (κ1) is 28.4. The molecular formula is C27H39N3O4S. The molecule has 2 aromatic carbocycles. The van der Waals surface area contributed by atoms with Gasteiger partial charge in [0.05, 0.1) is 11.9 Å². The summed E-state index contributed by atoms with van der Waals surface area (Å²) in [5.74, 6) is -0.354. The highest BCUT2D eigenvalue weighted by Gasteiger charge is 2.31. The Balaban J connectivity index is 2.37. The minimum Gasteiger partial charge on any atom is -0.354 e. The zero-order valence-electron chi connectivity index (χ0n) is 21.7. The van der Waals surface area contributed by atoms with Gasteiger partial charge in [-0.3, -0.25) is 13.9 Å². The Labute approximate surface area is 210 Å². The maximum absolute atomic E-state index is 13.7. The van der Waals surface area contributed by atoms with Crippen molar-refractivity contribution < 1.29 is 18.0 Å². The van der Waals surface area contributed by atoms with Gasteiger partial charge in [0.2, 0.25) is 21.8 Å². The lowest BCUT2D eigenvalue weighted by Gasteiger charge is -2.33. The van der Waals surface area contributed by atoms with Crippen molar-refractivity contribution >= 4 is 27.5 Å². The van der Waals surface area contributed by atoms with E-state index in [-0.39, 0.29) is 18.4 Å². The van der Waals surface area contributed by atoms with Gasteiger partial charge in [-0.2, -0.15) is 0 Å². The standard InChI is InChI=1S/C27H39N3O4S/c1-7-24(27(32)28-18-20(2)3)29(16-15-23-11-9-8-10-12-23)26(31)19-30(35(6,33)34)25-14-13-21(4)17-22(25)5/h8-14,17,20,24H,7,15-16,18-19H2,1-6H3,(H,28,32)/t24-/m0/s1. The number of rotatable bonds is 12. The highest BCUT2D eigenvalue weighted by atomic mass is 32.2. The lowest BCUT2D eigenvalue weighted by molar-refractivity contribution is -0.139. The normalized spacial score (nSPS) is 12.3. The van der Waals surface area contributed by atoms with E-state index in [0.29, 0.717) is 31.6 Å². The van der Waals surface area contributed by atoms with Crippen LogP contribution in [0, 0.1) is 19.8 Å². The number of sulfonamides is 1. The molecule has 0 unspecified atom stereocenters. The van der Waals surface area contributed by atoms with Gasteiger partial charge in [-0.05, 0) is 49.8 Å². The van der Waals surface area contributed by atoms with Crippen LogP contribution in [-0.4, -0.2) is 57.1 Å². The molecule has 2 aromatic rings. The molecule has 1 N–H and O–H groups in total. The van der Waals surface area contributed by atoms with E-state index in [1.54, 1.807) is 6.07 Å². The fourth-order valence-corrected chi connectivity index (χ4v) is 4.91. The van der Waals surface area contributed by atoms with Gasteiger partial charge in [-0.1, -0.05) is 68.8 Å². The molecule has 0 fully saturated rings. The maximum atomic E-state index is 13.7. The molecule has 35 heavy (non-hydrogen) atoms. The van der Waals surface area contributed by atoms with Crippen LogP contribution in [0.5, 0.6) is 0 Å². The average molecular weight is 502 g/mol. The third-order valence-corrected chi connectivity index (χ3v) is 6.98. The maximum Gasteiger partial charge on any atom is 0.244 e. The summed E-state index contributed by atoms with van der Waals surface area (Å²) >= 11 is 0. The Hall–Kier alpha value is -2.87. The summed E-state index contributed by atoms with van der Waals surface area (Å²) < 4.78 is 26.6. The molecule has 0 radical (unpaired) electrons. The first-order chi connectivity index (χ1) is 16.4. The van der Waals surface area contributed by atoms with Crippen LogP contribution in [0.25, 0.3) is 0 Å². The van der Waals surface area contributed by atoms with E-state index in [2.05, 4.69) is 5.32 Å². The fraction of sp³-hybridized carbons (Fsp3) is 0.481. The van der Waals surface area contributed by atoms with Crippen molar-refractivity contribution in [2.24, 2.45) is 5.92 Å². The Kier molecular flexibility index (Phi) is 10.3. The molecule has 2 rings (SSSR count). The first-order valence-electron chi connectivity index (χ1n) is 12.1. The summed E-state index contributed by atoms with van der Waals surface area (Å²) in [5.41, 5.74) is 3.27. The molecule has 7 nitrogen and oxygen atoms in total. The van der Waals surface area contributed by atoms with E-state index < -0.39 is 22.0 Å². The largest absolute Gasteiger partial charge is 0.354 e. The SMILES string of the molecule is CC[C@@H](C(=O)NCC(C)C)N(CCc1ccccc1)C(=O)CN(c1ccc(C)cc1C)S(C)(=O)=O. The molecule has 8 heteroatoms. The number of hydrogen-bond donors (Lipinski definition) is 1. The first-order valence-corrected chi connectivity index (χ1v) is 13.9. The summed E-state index contributed by atoms with van der Waals surface area (Å²) in [4.78, 5) is 28.2. The van der Waals surface area contributed by atoms with Crippen LogP contribution in [0.15, 0.2) is 48.5 Å². The molecule has 0 aliphatic heterocycles. The van der Waals surface area contributed by atoms with Crippen LogP contribution in [0.4, 0.5) is 5.69 Å². The topological polar surface area (TPSA) is 86.8 Å². The predicted octanol–water partition coefficient (Wildman–Crippen LogP) is 3.69. The number of aryl methyl sites for hydroxylation is 2. The second-order valence-corrected chi connectivity index (χ2v) is 11.4. The second kappa shape index (κ2) is 12.7. The van der Waals surface area contributed by atoms with E-state index in [4.69, 9.17) is 0 Å². The van der Waals surface area contributed by atoms with Crippen molar-refractivity contribution in [1.82, 2.24) is 10.2 Å². The quantitative estimate of drug-likeness (QED) is 0.481. The van der Waals surface area contributed by atoms with Crippen LogP contribution in [0.2, 0.25) is 0 Å². The van der Waals surface area contributed by atoms with Gasteiger partial charge in [0.1, 0.15) is 12.6 Å². The van der Waals surface area contributed by atoms with Crippen LogP contribution < -0.4 is 9.62 Å². The Morgan fingerprint density at radius 1 is 1.03 bits per heavy atom. The van der Waals surface area contributed by atoms with Gasteiger partial charge in [-0.25, -0.2) is 8.42 Å². The van der Waals surface area contributed by atoms with Crippen molar-refractivity contribution in [2.45, 2.75) is 53.5 Å². The van der Waals surface area contributed by atoms with Crippen molar-refractivity contribution in [3.63, 3.8) is 0 Å². The number of carbonyl (C=O) groups is 2. The Morgan fingerprint density at radius 2 is 1.69 bits per heavy atom. The number of carbonyl (C=O) groups excluding carboxylic acids is 2. The van der Waals surface area contributed by atoms with Crippen LogP contribution in [-0.2, 0) is 26.0 Å². The van der Waals surface area contributed by atoms with E-state index in [1.807, 2.05) is 77.1 Å². The summed E-state index contributed by atoms with van der Waals surface area (Å²) in [5, 5.41) is 2.93. The van der Waals surface area contributed by atoms with Gasteiger partial charge in [0.15, 0.2) is 0 Å². The third kappa shape index (κ3) is 8.38. The molecule has 0 aliphatic carbocycles. The molecule has 0 bridgehead atoms. The Morgan fingerprint density at radius 3 is 2.23 bits per heavy atom. The summed E-state index contributed by atoms with van der Waals surface area (Å²) in [7, 11) is -3.74. The molecule has 0 spiro atoms. The van der Waals surface area contributed by atoms with Crippen molar-refractivity contribution in [2.75, 3.05) is 30.2 Å². The molecule has 0 aromatic heterocycles. The van der Waals surface area contributed by atoms with Gasteiger partial charge < -0.3 is 10.2 Å². The van der Waals surface area contributed by atoms with Crippen molar-refractivity contribution in [1.29, 1.82) is 0 Å². The number of benzene rings is 2. The number of anilines is 1. The smallest absolute Gasteiger partial charge is 0.244 e. The zero-order chi connectivity index (χ0) is 26.2. The van der Waals surface area contributed by atoms with Crippen LogP contribution >= 0.6 is 0 Å². The lowest BCUT2D eigenvalue weighted by Crippen LogP contribution is -2.53. The minimum atomic E-state index is -3.74. The van der Waals surface area contributed by atoms with E-state index in [9.17, 15) is 18.0 Å². The van der Waals surface area contributed by atoms with E-state index >= 15 is 0 Å². The van der Waals surface area contributed by atoms with Crippen molar-refractivity contribution in [3.8, 4) is 0 Å². The summed E-state index contributed by atoms with van der Waals surface area (Å²) in [6, 6.07) is 14.5. The molecule has 0 heterocycles. The third-order valence-electron chi connectivity index (χ3n) is 5.85. The monoisotopic (exact) mass is 501 g/mol. The molecule has 192 valence electrons. The number of hydrogen-bond acceptors (Lipinski definition) is 4. The van der Waals surface area contributed by atoms with Gasteiger partial charge >= 0.3 is 0 Å². The van der Waals surface area contributed by atoms with Gasteiger partial charge in [-0.15, -0.1) is 0 Å². The fourth-order valence-electron chi connectivity index (χ4n) is 4.00. The predicted molar refractivity (Wildman–Crippen MR) is 142 cm³/mol. The molecule has 0 saturated heterocycles. The number of nitrogens with zero attached hydrogens (tertiary/aromatic N) is 2. The summed E-state index contributed by atoms with van der Waals surface area (Å²) in [6.07, 6.45) is 2.08. The van der Waals surface area contributed by atoms with Gasteiger partial charge in [0.25, 0.3) is 0 Å². The van der Waals surface area contributed by atoms with E-state index in [0.717, 1.165) is 27.3 Å². The molecular weight excluding hydrogens is 462 g/mol. The lowest BCUT2D eigenvalue weighted by atomic mass is 10.1. The van der Waals surface area contributed by atoms with Gasteiger partial charge in [0, 0.05) is 13.1 Å². The number of nitrogens with one attached hydrogen (secondary N) is 1. The second-order valence-electron chi connectivity index (χ2n) is 9.45. The molecule has 1 atom stereocenters. The Bertz CT molecular complexity index is 1100. The minimum absolute atomic E-state index is 0.222. The molecule has 0 aliphatic rings. The summed E-state index contributed by atoms with van der Waals surface area (Å²) in [6.45, 7) is 10.1. The number of amides is 2. The molecule has 2 amide bonds. The van der Waals surface area contributed by atoms with Crippen molar-refractivity contribution in [3.05, 3.63) is 65.2 Å². The molecule has 0 saturated carbocycles. The van der Waals surface area contributed by atoms with E-state index in [1.165, 1.54) is 4.90 Å². The average Bonchev–Trinajstić information content (AvgIpc) is 2.79. The highest BCUT2D eigenvalue weighted by Crippen LogP contribution is 2.24. The highest BCUT2D eigenvalue weighted by molar-refractivity contribution is 7.92. The van der Waals surface area contributed by atoms with Crippen LogP contribution in [0.1, 0.15) is 43.9 Å².